The normalized spacial score (nSPS) is 9.75. The lowest BCUT2D eigenvalue weighted by atomic mass is 10.1. The zero-order chi connectivity index (χ0) is 8.97. The molecule has 1 aromatic rings. The Kier molecular flexibility index (Phi) is 3.11. The van der Waals surface area contributed by atoms with E-state index in [1.54, 1.807) is 18.2 Å². The van der Waals surface area contributed by atoms with Crippen molar-refractivity contribution in [3.05, 3.63) is 29.8 Å². The first-order chi connectivity index (χ1) is 5.70. The maximum atomic E-state index is 10.4. The van der Waals surface area contributed by atoms with E-state index in [4.69, 9.17) is 11.6 Å². The van der Waals surface area contributed by atoms with E-state index in [2.05, 4.69) is 0 Å². The minimum Gasteiger partial charge on any atom is -0.508 e. The highest BCUT2D eigenvalue weighted by molar-refractivity contribution is 6.63. The molecule has 64 valence electrons. The van der Waals surface area contributed by atoms with Gasteiger partial charge in [-0.1, -0.05) is 18.2 Å². The van der Waals surface area contributed by atoms with Gasteiger partial charge in [0.2, 0.25) is 5.24 Å². The summed E-state index contributed by atoms with van der Waals surface area (Å²) in [6.07, 6.45) is 0.758. The van der Waals surface area contributed by atoms with Crippen molar-refractivity contribution in [3.63, 3.8) is 0 Å². The summed E-state index contributed by atoms with van der Waals surface area (Å²) >= 11 is 5.16. The number of aryl methyl sites for hydroxylation is 1. The quantitative estimate of drug-likeness (QED) is 0.731. The van der Waals surface area contributed by atoms with Crippen LogP contribution in [0.4, 0.5) is 0 Å². The predicted octanol–water partition coefficient (Wildman–Crippen LogP) is 2.09. The van der Waals surface area contributed by atoms with Crippen LogP contribution in [0.3, 0.4) is 0 Å². The maximum Gasteiger partial charge on any atom is 0.221 e. The van der Waals surface area contributed by atoms with Crippen LogP contribution in [0.1, 0.15) is 12.0 Å². The van der Waals surface area contributed by atoms with Crippen LogP contribution >= 0.6 is 11.6 Å². The summed E-state index contributed by atoms with van der Waals surface area (Å²) in [7, 11) is 0. The molecule has 0 aromatic heterocycles. The molecule has 0 aliphatic heterocycles. The Hall–Kier alpha value is -1.02. The first-order valence-electron chi connectivity index (χ1n) is 3.65. The molecule has 0 atom stereocenters. The SMILES string of the molecule is O=C(Cl)CCc1ccccc1O. The Morgan fingerprint density at radius 1 is 1.42 bits per heavy atom. The molecular formula is C9H9ClO2. The van der Waals surface area contributed by atoms with E-state index in [0.29, 0.717) is 6.42 Å². The Labute approximate surface area is 75.8 Å². The molecular weight excluding hydrogens is 176 g/mol. The summed E-state index contributed by atoms with van der Waals surface area (Å²) in [5, 5.41) is 8.89. The molecule has 1 N–H and O–H groups in total. The topological polar surface area (TPSA) is 37.3 Å². The van der Waals surface area contributed by atoms with Crippen molar-refractivity contribution in [3.8, 4) is 5.75 Å². The van der Waals surface area contributed by atoms with E-state index in [0.717, 1.165) is 5.56 Å². The minimum absolute atomic E-state index is 0.218. The molecule has 0 saturated carbocycles. The number of aromatic hydroxyl groups is 1. The van der Waals surface area contributed by atoms with Crippen LogP contribution in [-0.4, -0.2) is 10.3 Å². The number of benzene rings is 1. The van der Waals surface area contributed by atoms with Crippen molar-refractivity contribution in [2.75, 3.05) is 0 Å². The third-order valence-corrected chi connectivity index (χ3v) is 1.77. The van der Waals surface area contributed by atoms with E-state index in [1.165, 1.54) is 0 Å². The van der Waals surface area contributed by atoms with Crippen LogP contribution in [0.5, 0.6) is 5.75 Å². The van der Waals surface area contributed by atoms with Gasteiger partial charge >= 0.3 is 0 Å². The molecule has 0 bridgehead atoms. The van der Waals surface area contributed by atoms with Gasteiger partial charge in [0.25, 0.3) is 0 Å². The van der Waals surface area contributed by atoms with Crippen molar-refractivity contribution in [2.45, 2.75) is 12.8 Å². The molecule has 2 nitrogen and oxygen atoms in total. The number of hydrogen-bond donors (Lipinski definition) is 1. The van der Waals surface area contributed by atoms with E-state index >= 15 is 0 Å². The van der Waals surface area contributed by atoms with Crippen LogP contribution < -0.4 is 0 Å². The minimum atomic E-state index is -0.377. The molecule has 0 aliphatic carbocycles. The highest BCUT2D eigenvalue weighted by Crippen LogP contribution is 2.17. The van der Waals surface area contributed by atoms with Gasteiger partial charge in [-0.05, 0) is 29.7 Å². The van der Waals surface area contributed by atoms with Crippen LogP contribution in [0.25, 0.3) is 0 Å². The number of carbonyl (C=O) groups is 1. The molecule has 1 aromatic carbocycles. The molecule has 0 fully saturated rings. The lowest BCUT2D eigenvalue weighted by Crippen LogP contribution is -1.91. The molecule has 0 aliphatic rings. The standard InChI is InChI=1S/C9H9ClO2/c10-9(12)6-5-7-3-1-2-4-8(7)11/h1-4,11H,5-6H2. The Morgan fingerprint density at radius 2 is 2.08 bits per heavy atom. The lowest BCUT2D eigenvalue weighted by molar-refractivity contribution is -0.111. The molecule has 1 rings (SSSR count). The highest BCUT2D eigenvalue weighted by atomic mass is 35.5. The largest absolute Gasteiger partial charge is 0.508 e. The Balaban J connectivity index is 2.63. The van der Waals surface area contributed by atoms with Gasteiger partial charge in [-0.25, -0.2) is 0 Å². The molecule has 3 heteroatoms. The van der Waals surface area contributed by atoms with Crippen molar-refractivity contribution >= 4 is 16.8 Å². The van der Waals surface area contributed by atoms with Crippen molar-refractivity contribution in [1.82, 2.24) is 0 Å². The summed E-state index contributed by atoms with van der Waals surface area (Å²) in [6, 6.07) is 6.91. The molecule has 0 amide bonds. The van der Waals surface area contributed by atoms with Gasteiger partial charge in [0.1, 0.15) is 5.75 Å². The summed E-state index contributed by atoms with van der Waals surface area (Å²) < 4.78 is 0. The predicted molar refractivity (Wildman–Crippen MR) is 47.3 cm³/mol. The van der Waals surface area contributed by atoms with Crippen molar-refractivity contribution in [2.24, 2.45) is 0 Å². The molecule has 0 heterocycles. The van der Waals surface area contributed by atoms with E-state index < -0.39 is 0 Å². The monoisotopic (exact) mass is 184 g/mol. The molecule has 0 saturated heterocycles. The van der Waals surface area contributed by atoms with Crippen LogP contribution in [-0.2, 0) is 11.2 Å². The number of para-hydroxylation sites is 1. The second-order valence-electron chi connectivity index (χ2n) is 2.48. The number of phenolic OH excluding ortho intramolecular Hbond substituents is 1. The van der Waals surface area contributed by atoms with Gasteiger partial charge < -0.3 is 5.11 Å². The van der Waals surface area contributed by atoms with Gasteiger partial charge in [-0.15, -0.1) is 0 Å². The second-order valence-corrected chi connectivity index (χ2v) is 2.91. The van der Waals surface area contributed by atoms with Gasteiger partial charge in [0.05, 0.1) is 0 Å². The number of rotatable bonds is 3. The number of carbonyl (C=O) groups excluding carboxylic acids is 1. The van der Waals surface area contributed by atoms with Gasteiger partial charge in [-0.3, -0.25) is 4.79 Å². The summed E-state index contributed by atoms with van der Waals surface area (Å²) in [6.45, 7) is 0. The van der Waals surface area contributed by atoms with Crippen LogP contribution in [0, 0.1) is 0 Å². The summed E-state index contributed by atoms with van der Waals surface area (Å²) in [4.78, 5) is 10.4. The third kappa shape index (κ3) is 2.55. The Bertz CT molecular complexity index is 284. The number of phenols is 1. The fourth-order valence-electron chi connectivity index (χ4n) is 0.955. The number of halogens is 1. The van der Waals surface area contributed by atoms with E-state index in [-0.39, 0.29) is 17.4 Å². The van der Waals surface area contributed by atoms with Crippen LogP contribution in [0.15, 0.2) is 24.3 Å². The second kappa shape index (κ2) is 4.12. The average molecular weight is 185 g/mol. The van der Waals surface area contributed by atoms with E-state index in [9.17, 15) is 9.90 Å². The van der Waals surface area contributed by atoms with Crippen molar-refractivity contribution < 1.29 is 9.90 Å². The zero-order valence-corrected chi connectivity index (χ0v) is 7.21. The molecule has 0 radical (unpaired) electrons. The summed E-state index contributed by atoms with van der Waals surface area (Å²) in [5.41, 5.74) is 0.756. The van der Waals surface area contributed by atoms with E-state index in [1.807, 2.05) is 6.07 Å². The van der Waals surface area contributed by atoms with Gasteiger partial charge in [-0.2, -0.15) is 0 Å². The number of hydrogen-bond acceptors (Lipinski definition) is 2. The molecule has 0 spiro atoms. The first kappa shape index (κ1) is 9.07. The summed E-state index contributed by atoms with van der Waals surface area (Å²) in [5.74, 6) is 0.218. The maximum absolute atomic E-state index is 10.4. The highest BCUT2D eigenvalue weighted by Gasteiger charge is 2.01. The van der Waals surface area contributed by atoms with Crippen LogP contribution in [0.2, 0.25) is 0 Å². The lowest BCUT2D eigenvalue weighted by Gasteiger charge is -2.00. The van der Waals surface area contributed by atoms with Gasteiger partial charge in [0, 0.05) is 6.42 Å². The Morgan fingerprint density at radius 3 is 2.67 bits per heavy atom. The smallest absolute Gasteiger partial charge is 0.221 e. The zero-order valence-electron chi connectivity index (χ0n) is 6.46. The molecule has 12 heavy (non-hydrogen) atoms. The fourth-order valence-corrected chi connectivity index (χ4v) is 1.05. The fraction of sp³-hybridized carbons (Fsp3) is 0.222. The third-order valence-electron chi connectivity index (χ3n) is 1.58. The molecule has 0 unspecified atom stereocenters. The van der Waals surface area contributed by atoms with Gasteiger partial charge in [0.15, 0.2) is 0 Å². The van der Waals surface area contributed by atoms with Crippen molar-refractivity contribution in [1.29, 1.82) is 0 Å². The first-order valence-corrected chi connectivity index (χ1v) is 4.03. The average Bonchev–Trinajstić information content (AvgIpc) is 2.03.